The van der Waals surface area contributed by atoms with Crippen LogP contribution in [0.3, 0.4) is 0 Å². The van der Waals surface area contributed by atoms with Crippen LogP contribution in [0.2, 0.25) is 0 Å². The van der Waals surface area contributed by atoms with Gasteiger partial charge in [-0.2, -0.15) is 0 Å². The number of nitrogens with zero attached hydrogens (tertiary/aromatic N) is 1. The van der Waals surface area contributed by atoms with E-state index in [0.717, 1.165) is 19.6 Å². The van der Waals surface area contributed by atoms with Gasteiger partial charge in [0.1, 0.15) is 5.78 Å². The molecule has 0 spiro atoms. The Bertz CT molecular complexity index is 194. The molecule has 0 aromatic heterocycles. The van der Waals surface area contributed by atoms with E-state index in [2.05, 4.69) is 11.8 Å². The van der Waals surface area contributed by atoms with E-state index < -0.39 is 0 Å². The first kappa shape index (κ1) is 11.7. The summed E-state index contributed by atoms with van der Waals surface area (Å²) < 4.78 is 5.14. The van der Waals surface area contributed by atoms with E-state index in [1.807, 2.05) is 0 Å². The highest BCUT2D eigenvalue weighted by molar-refractivity contribution is 5.76. The number of carbonyl (C=O) groups excluding carboxylic acids is 1. The fourth-order valence-electron chi connectivity index (χ4n) is 2.33. The van der Waals surface area contributed by atoms with Crippen LogP contribution in [-0.4, -0.2) is 43.0 Å². The first-order valence-electron chi connectivity index (χ1n) is 5.39. The van der Waals surface area contributed by atoms with Crippen molar-refractivity contribution in [2.75, 3.05) is 20.3 Å². The highest BCUT2D eigenvalue weighted by Gasteiger charge is 2.28. The molecule has 1 saturated heterocycles. The Balaban J connectivity index is 2.45. The van der Waals surface area contributed by atoms with Crippen LogP contribution in [0.4, 0.5) is 0 Å². The number of ether oxygens (including phenoxy) is 1. The Labute approximate surface area is 86.4 Å². The number of Topliss-reactive ketones (excluding diaryl/α,β-unsaturated/α-hetero) is 1. The van der Waals surface area contributed by atoms with Crippen molar-refractivity contribution < 1.29 is 9.53 Å². The van der Waals surface area contributed by atoms with Crippen LogP contribution < -0.4 is 0 Å². The van der Waals surface area contributed by atoms with Crippen LogP contribution in [0.1, 0.15) is 33.1 Å². The van der Waals surface area contributed by atoms with Crippen molar-refractivity contribution in [3.05, 3.63) is 0 Å². The fourth-order valence-corrected chi connectivity index (χ4v) is 2.33. The van der Waals surface area contributed by atoms with Crippen LogP contribution in [0.15, 0.2) is 0 Å². The lowest BCUT2D eigenvalue weighted by molar-refractivity contribution is -0.118. The Morgan fingerprint density at radius 2 is 2.36 bits per heavy atom. The van der Waals surface area contributed by atoms with Crippen LogP contribution in [0.25, 0.3) is 0 Å². The molecule has 2 unspecified atom stereocenters. The van der Waals surface area contributed by atoms with E-state index in [-0.39, 0.29) is 0 Å². The van der Waals surface area contributed by atoms with E-state index in [0.29, 0.717) is 24.3 Å². The molecule has 0 saturated carbocycles. The number of ketones is 1. The molecular weight excluding hydrogens is 178 g/mol. The van der Waals surface area contributed by atoms with Crippen molar-refractivity contribution in [2.45, 2.75) is 45.2 Å². The highest BCUT2D eigenvalue weighted by Crippen LogP contribution is 2.22. The Hall–Kier alpha value is -0.410. The molecule has 1 heterocycles. The zero-order chi connectivity index (χ0) is 10.6. The van der Waals surface area contributed by atoms with E-state index in [1.165, 1.54) is 6.42 Å². The quantitative estimate of drug-likeness (QED) is 0.671. The van der Waals surface area contributed by atoms with Gasteiger partial charge in [-0.1, -0.05) is 0 Å². The van der Waals surface area contributed by atoms with Crippen LogP contribution >= 0.6 is 0 Å². The van der Waals surface area contributed by atoms with Crippen LogP contribution in [-0.2, 0) is 9.53 Å². The second-order valence-electron chi connectivity index (χ2n) is 4.24. The summed E-state index contributed by atoms with van der Waals surface area (Å²) in [6.07, 6.45) is 3.08. The molecule has 0 bridgehead atoms. The molecule has 3 nitrogen and oxygen atoms in total. The number of rotatable bonds is 5. The third-order valence-corrected chi connectivity index (χ3v) is 2.92. The highest BCUT2D eigenvalue weighted by atomic mass is 16.5. The van der Waals surface area contributed by atoms with Gasteiger partial charge in [-0.05, 0) is 33.2 Å². The molecule has 0 aliphatic carbocycles. The van der Waals surface area contributed by atoms with Gasteiger partial charge in [0.05, 0.1) is 6.61 Å². The first-order valence-corrected chi connectivity index (χ1v) is 5.39. The van der Waals surface area contributed by atoms with Crippen molar-refractivity contribution >= 4 is 5.78 Å². The normalized spacial score (nSPS) is 25.2. The summed E-state index contributed by atoms with van der Waals surface area (Å²) in [6.45, 7) is 5.72. The third-order valence-electron chi connectivity index (χ3n) is 2.92. The molecule has 2 atom stereocenters. The van der Waals surface area contributed by atoms with E-state index in [4.69, 9.17) is 4.74 Å². The summed E-state index contributed by atoms with van der Waals surface area (Å²) in [5.41, 5.74) is 0. The van der Waals surface area contributed by atoms with Gasteiger partial charge in [-0.3, -0.25) is 9.69 Å². The largest absolute Gasteiger partial charge is 0.383 e. The van der Waals surface area contributed by atoms with E-state index in [1.54, 1.807) is 14.0 Å². The van der Waals surface area contributed by atoms with Crippen molar-refractivity contribution in [2.24, 2.45) is 0 Å². The Morgan fingerprint density at radius 1 is 1.64 bits per heavy atom. The smallest absolute Gasteiger partial charge is 0.131 e. The number of hydrogen-bond donors (Lipinski definition) is 0. The van der Waals surface area contributed by atoms with Crippen molar-refractivity contribution in [1.29, 1.82) is 0 Å². The van der Waals surface area contributed by atoms with Gasteiger partial charge >= 0.3 is 0 Å². The minimum absolute atomic E-state index is 0.298. The fraction of sp³-hybridized carbons (Fsp3) is 0.909. The van der Waals surface area contributed by atoms with Gasteiger partial charge in [0.2, 0.25) is 0 Å². The standard InChI is InChI=1S/C11H21NO2/c1-9(8-14-3)12-6-4-5-11(12)7-10(2)13/h9,11H,4-8H2,1-3H3. The average Bonchev–Trinajstić information content (AvgIpc) is 2.51. The molecule has 0 amide bonds. The summed E-state index contributed by atoms with van der Waals surface area (Å²) in [4.78, 5) is 13.5. The monoisotopic (exact) mass is 199 g/mol. The SMILES string of the molecule is COCC(C)N1CCCC1CC(C)=O. The maximum absolute atomic E-state index is 11.1. The molecule has 0 radical (unpaired) electrons. The first-order chi connectivity index (χ1) is 6.65. The Morgan fingerprint density at radius 3 is 2.93 bits per heavy atom. The molecule has 1 aliphatic rings. The summed E-state index contributed by atoms with van der Waals surface area (Å²) in [7, 11) is 1.73. The molecule has 1 aliphatic heterocycles. The lowest BCUT2D eigenvalue weighted by Crippen LogP contribution is -2.40. The topological polar surface area (TPSA) is 29.5 Å². The summed E-state index contributed by atoms with van der Waals surface area (Å²) in [6, 6.07) is 0.893. The molecule has 1 fully saturated rings. The van der Waals surface area contributed by atoms with E-state index >= 15 is 0 Å². The predicted molar refractivity (Wildman–Crippen MR) is 56.4 cm³/mol. The number of methoxy groups -OCH3 is 1. The second kappa shape index (κ2) is 5.47. The van der Waals surface area contributed by atoms with Gasteiger partial charge in [-0.25, -0.2) is 0 Å². The minimum Gasteiger partial charge on any atom is -0.383 e. The van der Waals surface area contributed by atoms with Crippen molar-refractivity contribution in [3.8, 4) is 0 Å². The molecular formula is C11H21NO2. The summed E-state index contributed by atoms with van der Waals surface area (Å²) >= 11 is 0. The van der Waals surface area contributed by atoms with Gasteiger partial charge in [0.15, 0.2) is 0 Å². The molecule has 82 valence electrons. The molecule has 3 heteroatoms. The van der Waals surface area contributed by atoms with Crippen LogP contribution in [0.5, 0.6) is 0 Å². The zero-order valence-electron chi connectivity index (χ0n) is 9.45. The van der Waals surface area contributed by atoms with Gasteiger partial charge in [0, 0.05) is 25.6 Å². The number of hydrogen-bond acceptors (Lipinski definition) is 3. The molecule has 14 heavy (non-hydrogen) atoms. The molecule has 1 rings (SSSR count). The van der Waals surface area contributed by atoms with E-state index in [9.17, 15) is 4.79 Å². The third kappa shape index (κ3) is 3.07. The number of carbonyl (C=O) groups is 1. The average molecular weight is 199 g/mol. The zero-order valence-corrected chi connectivity index (χ0v) is 9.45. The number of likely N-dealkylation sites (tertiary alicyclic amines) is 1. The Kier molecular flexibility index (Phi) is 4.55. The lowest BCUT2D eigenvalue weighted by atomic mass is 10.1. The summed E-state index contributed by atoms with van der Waals surface area (Å²) in [5, 5.41) is 0. The maximum Gasteiger partial charge on any atom is 0.131 e. The minimum atomic E-state index is 0.298. The van der Waals surface area contributed by atoms with Crippen LogP contribution in [0, 0.1) is 0 Å². The summed E-state index contributed by atoms with van der Waals surface area (Å²) in [5.74, 6) is 0.298. The van der Waals surface area contributed by atoms with Crippen molar-refractivity contribution in [1.82, 2.24) is 4.90 Å². The molecule has 0 aromatic carbocycles. The van der Waals surface area contributed by atoms with Gasteiger partial charge in [-0.15, -0.1) is 0 Å². The predicted octanol–water partition coefficient (Wildman–Crippen LogP) is 1.46. The maximum atomic E-state index is 11.1. The van der Waals surface area contributed by atoms with Gasteiger partial charge in [0.25, 0.3) is 0 Å². The molecule has 0 N–H and O–H groups in total. The molecule has 0 aromatic rings. The van der Waals surface area contributed by atoms with Crippen molar-refractivity contribution in [3.63, 3.8) is 0 Å². The van der Waals surface area contributed by atoms with Gasteiger partial charge < -0.3 is 4.74 Å². The lowest BCUT2D eigenvalue weighted by Gasteiger charge is -2.29. The second-order valence-corrected chi connectivity index (χ2v) is 4.24.